The van der Waals surface area contributed by atoms with E-state index in [4.69, 9.17) is 14.5 Å². The second-order valence-corrected chi connectivity index (χ2v) is 6.47. The molecule has 3 rings (SSSR count). The Kier molecular flexibility index (Phi) is 5.38. The molecule has 0 fully saturated rings. The number of methoxy groups -OCH3 is 2. The monoisotopic (exact) mass is 342 g/mol. The van der Waals surface area contributed by atoms with Crippen molar-refractivity contribution in [1.29, 1.82) is 0 Å². The van der Waals surface area contributed by atoms with Gasteiger partial charge in [0, 0.05) is 44.0 Å². The number of nitrogens with zero attached hydrogens (tertiary/aromatic N) is 3. The molecule has 134 valence electrons. The maximum Gasteiger partial charge on any atom is 0.225 e. The SMILES string of the molecule is COc1ccc(OC)c(CN[C@@H]2CCCc3nc(N(C)C)ncc32)c1. The quantitative estimate of drug-likeness (QED) is 0.871. The molecule has 1 N–H and O–H groups in total. The highest BCUT2D eigenvalue weighted by molar-refractivity contribution is 5.40. The highest BCUT2D eigenvalue weighted by Gasteiger charge is 2.22. The van der Waals surface area contributed by atoms with E-state index in [0.717, 1.165) is 48.0 Å². The fourth-order valence-corrected chi connectivity index (χ4v) is 3.22. The van der Waals surface area contributed by atoms with Crippen LogP contribution in [0.2, 0.25) is 0 Å². The van der Waals surface area contributed by atoms with Crippen LogP contribution in [0.25, 0.3) is 0 Å². The lowest BCUT2D eigenvalue weighted by Gasteiger charge is -2.26. The molecule has 1 heterocycles. The lowest BCUT2D eigenvalue weighted by atomic mass is 9.92. The zero-order chi connectivity index (χ0) is 17.8. The van der Waals surface area contributed by atoms with Crippen LogP contribution in [0.15, 0.2) is 24.4 Å². The van der Waals surface area contributed by atoms with Crippen molar-refractivity contribution in [3.63, 3.8) is 0 Å². The van der Waals surface area contributed by atoms with E-state index < -0.39 is 0 Å². The van der Waals surface area contributed by atoms with Crippen LogP contribution in [-0.2, 0) is 13.0 Å². The van der Waals surface area contributed by atoms with Gasteiger partial charge in [-0.15, -0.1) is 0 Å². The Balaban J connectivity index is 1.77. The zero-order valence-electron chi connectivity index (χ0n) is 15.4. The van der Waals surface area contributed by atoms with Crippen molar-refractivity contribution in [2.75, 3.05) is 33.2 Å². The molecule has 0 radical (unpaired) electrons. The summed E-state index contributed by atoms with van der Waals surface area (Å²) >= 11 is 0. The first kappa shape index (κ1) is 17.5. The minimum Gasteiger partial charge on any atom is -0.497 e. The largest absolute Gasteiger partial charge is 0.497 e. The Labute approximate surface area is 149 Å². The molecule has 2 aromatic rings. The molecule has 6 heteroatoms. The Morgan fingerprint density at radius 2 is 2.08 bits per heavy atom. The van der Waals surface area contributed by atoms with Crippen LogP contribution in [0.4, 0.5) is 5.95 Å². The van der Waals surface area contributed by atoms with E-state index in [0.29, 0.717) is 6.54 Å². The molecular formula is C19H26N4O2. The molecule has 1 aromatic carbocycles. The molecule has 25 heavy (non-hydrogen) atoms. The van der Waals surface area contributed by atoms with E-state index in [1.165, 1.54) is 5.56 Å². The van der Waals surface area contributed by atoms with Crippen molar-refractivity contribution in [3.05, 3.63) is 41.2 Å². The minimum absolute atomic E-state index is 0.260. The van der Waals surface area contributed by atoms with Crippen LogP contribution >= 0.6 is 0 Å². The fourth-order valence-electron chi connectivity index (χ4n) is 3.22. The number of fused-ring (bicyclic) bond motifs is 1. The lowest BCUT2D eigenvalue weighted by molar-refractivity contribution is 0.391. The average molecular weight is 342 g/mol. The first-order valence-corrected chi connectivity index (χ1v) is 8.59. The summed E-state index contributed by atoms with van der Waals surface area (Å²) in [6, 6.07) is 6.13. The maximum atomic E-state index is 5.47. The molecular weight excluding hydrogens is 316 g/mol. The summed E-state index contributed by atoms with van der Waals surface area (Å²) in [6.45, 7) is 0.708. The molecule has 1 atom stereocenters. The molecule has 0 bridgehead atoms. The number of nitrogens with one attached hydrogen (secondary N) is 1. The van der Waals surface area contributed by atoms with Crippen molar-refractivity contribution in [2.24, 2.45) is 0 Å². The standard InChI is InChI=1S/C19H26N4O2/c1-23(2)19-21-12-15-16(6-5-7-17(15)22-19)20-11-13-10-14(24-3)8-9-18(13)25-4/h8-10,12,16,20H,5-7,11H2,1-4H3/t16-/m1/s1. The number of benzene rings is 1. The Hall–Kier alpha value is -2.34. The molecule has 6 nitrogen and oxygen atoms in total. The van der Waals surface area contributed by atoms with E-state index in [1.807, 2.05) is 43.4 Å². The number of rotatable bonds is 6. The second kappa shape index (κ2) is 7.70. The number of hydrogen-bond donors (Lipinski definition) is 1. The minimum atomic E-state index is 0.260. The van der Waals surface area contributed by atoms with Crippen molar-refractivity contribution in [2.45, 2.75) is 31.8 Å². The molecule has 1 aliphatic carbocycles. The van der Waals surface area contributed by atoms with Gasteiger partial charge in [-0.05, 0) is 37.5 Å². The van der Waals surface area contributed by atoms with Crippen molar-refractivity contribution in [3.8, 4) is 11.5 Å². The van der Waals surface area contributed by atoms with Crippen LogP contribution in [0.5, 0.6) is 11.5 Å². The van der Waals surface area contributed by atoms with Crippen molar-refractivity contribution in [1.82, 2.24) is 15.3 Å². The van der Waals surface area contributed by atoms with Gasteiger partial charge in [0.2, 0.25) is 5.95 Å². The van der Waals surface area contributed by atoms with Crippen LogP contribution in [0, 0.1) is 0 Å². The predicted octanol–water partition coefficient (Wildman–Crippen LogP) is 2.73. The third kappa shape index (κ3) is 3.85. The number of hydrogen-bond acceptors (Lipinski definition) is 6. The first-order valence-electron chi connectivity index (χ1n) is 8.59. The van der Waals surface area contributed by atoms with Gasteiger partial charge in [0.15, 0.2) is 0 Å². The second-order valence-electron chi connectivity index (χ2n) is 6.47. The van der Waals surface area contributed by atoms with Gasteiger partial charge in [0.05, 0.1) is 19.9 Å². The Bertz CT molecular complexity index is 733. The van der Waals surface area contributed by atoms with Gasteiger partial charge >= 0.3 is 0 Å². The Morgan fingerprint density at radius 1 is 1.24 bits per heavy atom. The molecule has 0 aliphatic heterocycles. The zero-order valence-corrected chi connectivity index (χ0v) is 15.4. The number of aryl methyl sites for hydroxylation is 1. The number of ether oxygens (including phenoxy) is 2. The van der Waals surface area contributed by atoms with Crippen LogP contribution in [-0.4, -0.2) is 38.3 Å². The fraction of sp³-hybridized carbons (Fsp3) is 0.474. The van der Waals surface area contributed by atoms with Gasteiger partial charge in [0.1, 0.15) is 11.5 Å². The Morgan fingerprint density at radius 3 is 2.80 bits per heavy atom. The van der Waals surface area contributed by atoms with E-state index in [9.17, 15) is 0 Å². The maximum absolute atomic E-state index is 5.47. The summed E-state index contributed by atoms with van der Waals surface area (Å²) in [5.74, 6) is 2.47. The average Bonchev–Trinajstić information content (AvgIpc) is 2.65. The van der Waals surface area contributed by atoms with E-state index >= 15 is 0 Å². The summed E-state index contributed by atoms with van der Waals surface area (Å²) in [6.07, 6.45) is 5.20. The normalized spacial score (nSPS) is 16.2. The van der Waals surface area contributed by atoms with E-state index in [1.54, 1.807) is 14.2 Å². The molecule has 0 unspecified atom stereocenters. The topological polar surface area (TPSA) is 59.5 Å². The molecule has 1 aromatic heterocycles. The highest BCUT2D eigenvalue weighted by Crippen LogP contribution is 2.30. The molecule has 0 saturated heterocycles. The summed E-state index contributed by atoms with van der Waals surface area (Å²) in [5.41, 5.74) is 3.44. The van der Waals surface area contributed by atoms with Gasteiger partial charge < -0.3 is 19.7 Å². The smallest absolute Gasteiger partial charge is 0.225 e. The van der Waals surface area contributed by atoms with Gasteiger partial charge in [-0.25, -0.2) is 9.97 Å². The van der Waals surface area contributed by atoms with Gasteiger partial charge in [-0.2, -0.15) is 0 Å². The molecule has 0 spiro atoms. The lowest BCUT2D eigenvalue weighted by Crippen LogP contribution is -2.27. The van der Waals surface area contributed by atoms with E-state index in [-0.39, 0.29) is 6.04 Å². The van der Waals surface area contributed by atoms with Gasteiger partial charge in [-0.3, -0.25) is 0 Å². The highest BCUT2D eigenvalue weighted by atomic mass is 16.5. The van der Waals surface area contributed by atoms with Crippen molar-refractivity contribution >= 4 is 5.95 Å². The number of aromatic nitrogens is 2. The van der Waals surface area contributed by atoms with Crippen LogP contribution in [0.3, 0.4) is 0 Å². The van der Waals surface area contributed by atoms with Gasteiger partial charge in [-0.1, -0.05) is 0 Å². The van der Waals surface area contributed by atoms with Crippen LogP contribution in [0.1, 0.15) is 35.7 Å². The van der Waals surface area contributed by atoms with Gasteiger partial charge in [0.25, 0.3) is 0 Å². The molecule has 1 aliphatic rings. The molecule has 0 saturated carbocycles. The first-order chi connectivity index (χ1) is 12.1. The summed E-state index contributed by atoms with van der Waals surface area (Å²) in [7, 11) is 7.30. The van der Waals surface area contributed by atoms with Crippen LogP contribution < -0.4 is 19.7 Å². The third-order valence-electron chi connectivity index (χ3n) is 4.60. The third-order valence-corrected chi connectivity index (χ3v) is 4.60. The van der Waals surface area contributed by atoms with Crippen molar-refractivity contribution < 1.29 is 9.47 Å². The summed E-state index contributed by atoms with van der Waals surface area (Å²) in [5, 5.41) is 3.64. The molecule has 0 amide bonds. The van der Waals surface area contributed by atoms with E-state index in [2.05, 4.69) is 10.3 Å². The number of anilines is 1. The summed E-state index contributed by atoms with van der Waals surface area (Å²) < 4.78 is 10.8. The predicted molar refractivity (Wildman–Crippen MR) is 98.4 cm³/mol. The summed E-state index contributed by atoms with van der Waals surface area (Å²) in [4.78, 5) is 11.1.